The second kappa shape index (κ2) is 15.4. The summed E-state index contributed by atoms with van der Waals surface area (Å²) in [6.45, 7) is 3.01. The molecular formula is C38H40ClN3O5S. The van der Waals surface area contributed by atoms with Crippen molar-refractivity contribution < 1.29 is 23.1 Å². The molecule has 2 heterocycles. The molecule has 0 bridgehead atoms. The van der Waals surface area contributed by atoms with Crippen molar-refractivity contribution in [1.82, 2.24) is 14.2 Å². The fourth-order valence-corrected chi connectivity index (χ4v) is 7.86. The molecule has 2 N–H and O–H groups in total. The van der Waals surface area contributed by atoms with E-state index in [1.54, 1.807) is 12.1 Å². The maximum absolute atomic E-state index is 13.1. The predicted octanol–water partition coefficient (Wildman–Crippen LogP) is 6.81. The minimum Gasteiger partial charge on any atom is -0.493 e. The Morgan fingerprint density at radius 2 is 1.52 bits per heavy atom. The number of carboxylic acid groups (broad SMARTS) is 1. The fourth-order valence-electron chi connectivity index (χ4n) is 6.63. The number of likely N-dealkylation sites (tertiary alicyclic amines) is 1. The van der Waals surface area contributed by atoms with Crippen molar-refractivity contribution in [2.45, 2.75) is 31.7 Å². The highest BCUT2D eigenvalue weighted by atomic mass is 35.5. The summed E-state index contributed by atoms with van der Waals surface area (Å²) < 4.78 is 37.5. The highest BCUT2D eigenvalue weighted by molar-refractivity contribution is 7.89. The number of halogens is 1. The Morgan fingerprint density at radius 3 is 2.15 bits per heavy atom. The molecule has 6 rings (SSSR count). The van der Waals surface area contributed by atoms with Gasteiger partial charge in [-0.05, 0) is 85.1 Å². The van der Waals surface area contributed by atoms with Gasteiger partial charge in [0.2, 0.25) is 10.0 Å². The van der Waals surface area contributed by atoms with E-state index in [1.165, 1.54) is 12.1 Å². The van der Waals surface area contributed by atoms with Crippen LogP contribution in [-0.4, -0.2) is 67.5 Å². The lowest BCUT2D eigenvalue weighted by Gasteiger charge is -2.25. The number of hydrogen-bond acceptors (Lipinski definition) is 5. The zero-order valence-electron chi connectivity index (χ0n) is 26.7. The highest BCUT2D eigenvalue weighted by Gasteiger charge is 2.26. The molecule has 1 saturated heterocycles. The summed E-state index contributed by atoms with van der Waals surface area (Å²) in [5.74, 6) is -0.349. The number of aromatic nitrogens is 1. The van der Waals surface area contributed by atoms with Gasteiger partial charge in [-0.2, -0.15) is 0 Å². The van der Waals surface area contributed by atoms with Crippen LogP contribution in [-0.2, 0) is 22.9 Å². The van der Waals surface area contributed by atoms with Gasteiger partial charge in [0.25, 0.3) is 0 Å². The van der Waals surface area contributed by atoms with Crippen LogP contribution in [0.15, 0.2) is 103 Å². The van der Waals surface area contributed by atoms with Gasteiger partial charge in [-0.3, -0.25) is 0 Å². The van der Waals surface area contributed by atoms with Gasteiger partial charge < -0.3 is 19.3 Å². The number of rotatable bonds is 15. The molecule has 1 aliphatic heterocycles. The van der Waals surface area contributed by atoms with E-state index in [0.29, 0.717) is 36.8 Å². The first-order valence-electron chi connectivity index (χ1n) is 16.4. The van der Waals surface area contributed by atoms with Crippen LogP contribution >= 0.6 is 11.6 Å². The number of sulfonamides is 1. The average molecular weight is 686 g/mol. The third-order valence-electron chi connectivity index (χ3n) is 8.95. The van der Waals surface area contributed by atoms with Crippen LogP contribution in [0, 0.1) is 0 Å². The maximum Gasteiger partial charge on any atom is 0.335 e. The van der Waals surface area contributed by atoms with E-state index in [4.69, 9.17) is 16.3 Å². The van der Waals surface area contributed by atoms with Gasteiger partial charge in [-0.15, -0.1) is 0 Å². The fraction of sp³-hybridized carbons (Fsp3) is 0.289. The Morgan fingerprint density at radius 1 is 0.875 bits per heavy atom. The van der Waals surface area contributed by atoms with Gasteiger partial charge in [0.15, 0.2) is 0 Å². The molecule has 0 spiro atoms. The van der Waals surface area contributed by atoms with Crippen molar-refractivity contribution in [3.05, 3.63) is 136 Å². The minimum atomic E-state index is -3.48. The van der Waals surface area contributed by atoms with Crippen LogP contribution in [0.3, 0.4) is 0 Å². The lowest BCUT2D eigenvalue weighted by Crippen LogP contribution is -2.34. The van der Waals surface area contributed by atoms with Gasteiger partial charge >= 0.3 is 5.97 Å². The Bertz CT molecular complexity index is 1900. The number of ether oxygens (including phenoxy) is 1. The molecule has 1 fully saturated rings. The van der Waals surface area contributed by atoms with Crippen molar-refractivity contribution in [2.75, 3.05) is 38.5 Å². The predicted molar refractivity (Wildman–Crippen MR) is 191 cm³/mol. The van der Waals surface area contributed by atoms with Crippen molar-refractivity contribution in [3.63, 3.8) is 0 Å². The van der Waals surface area contributed by atoms with Crippen molar-refractivity contribution >= 4 is 38.5 Å². The molecule has 0 radical (unpaired) electrons. The quantitative estimate of drug-likeness (QED) is 0.126. The first kappa shape index (κ1) is 33.7. The van der Waals surface area contributed by atoms with E-state index < -0.39 is 16.0 Å². The lowest BCUT2D eigenvalue weighted by atomic mass is 9.97. The first-order valence-corrected chi connectivity index (χ1v) is 18.4. The van der Waals surface area contributed by atoms with Gasteiger partial charge in [-0.1, -0.05) is 72.3 Å². The minimum absolute atomic E-state index is 0.0730. The monoisotopic (exact) mass is 685 g/mol. The smallest absolute Gasteiger partial charge is 0.335 e. The number of carboxylic acids is 1. The molecule has 1 aromatic heterocycles. The molecule has 48 heavy (non-hydrogen) atoms. The summed E-state index contributed by atoms with van der Waals surface area (Å²) in [6.07, 6.45) is 3.21. The molecule has 10 heteroatoms. The topological polar surface area (TPSA) is 101 Å². The third kappa shape index (κ3) is 8.10. The standard InChI is InChI=1S/C38H40ClN3O5S/c39-31-15-18-35-34(27-31)33(20-25-47-32-16-13-30(14-17-32)38(43)44)36(19-21-40-48(45,46)26-24-41-22-7-8-23-41)42(35)37(28-9-3-1-4-10-28)29-11-5-2-6-12-29/h1-6,9-18,27,37,40H,7-8,19-26H2,(H,43,44). The molecule has 0 amide bonds. The summed E-state index contributed by atoms with van der Waals surface area (Å²) in [6, 6.07) is 32.7. The molecular weight excluding hydrogens is 646 g/mol. The Labute approximate surface area is 287 Å². The van der Waals surface area contributed by atoms with E-state index in [0.717, 1.165) is 59.2 Å². The van der Waals surface area contributed by atoms with Crippen LogP contribution in [0.1, 0.15) is 51.6 Å². The maximum atomic E-state index is 13.1. The van der Waals surface area contributed by atoms with Gasteiger partial charge in [0, 0.05) is 47.6 Å². The first-order chi connectivity index (χ1) is 23.3. The van der Waals surface area contributed by atoms with E-state index in [1.807, 2.05) is 54.6 Å². The third-order valence-corrected chi connectivity index (χ3v) is 10.6. The zero-order chi connectivity index (χ0) is 33.5. The number of aromatic carboxylic acids is 1. The molecule has 0 atom stereocenters. The van der Waals surface area contributed by atoms with Crippen LogP contribution < -0.4 is 9.46 Å². The molecule has 250 valence electrons. The second-order valence-electron chi connectivity index (χ2n) is 12.1. The largest absolute Gasteiger partial charge is 0.493 e. The van der Waals surface area contributed by atoms with Crippen molar-refractivity contribution in [1.29, 1.82) is 0 Å². The van der Waals surface area contributed by atoms with E-state index in [9.17, 15) is 18.3 Å². The summed E-state index contributed by atoms with van der Waals surface area (Å²) in [5.41, 5.74) is 5.41. The second-order valence-corrected chi connectivity index (χ2v) is 14.5. The van der Waals surface area contributed by atoms with E-state index >= 15 is 0 Å². The normalized spacial score (nSPS) is 13.8. The van der Waals surface area contributed by atoms with Crippen LogP contribution in [0.4, 0.5) is 0 Å². The van der Waals surface area contributed by atoms with Gasteiger partial charge in [0.1, 0.15) is 5.75 Å². The Hall–Kier alpha value is -4.15. The average Bonchev–Trinajstić information content (AvgIpc) is 3.72. The number of nitrogens with zero attached hydrogens (tertiary/aromatic N) is 2. The molecule has 0 aliphatic carbocycles. The summed E-state index contributed by atoms with van der Waals surface area (Å²) in [4.78, 5) is 13.5. The van der Waals surface area contributed by atoms with Crippen LogP contribution in [0.5, 0.6) is 5.75 Å². The number of hydrogen-bond donors (Lipinski definition) is 2. The lowest BCUT2D eigenvalue weighted by molar-refractivity contribution is 0.0697. The highest BCUT2D eigenvalue weighted by Crippen LogP contribution is 2.37. The Balaban J connectivity index is 1.37. The Kier molecular flexibility index (Phi) is 10.8. The number of carbonyl (C=O) groups is 1. The van der Waals surface area contributed by atoms with E-state index in [-0.39, 0.29) is 23.9 Å². The molecule has 5 aromatic rings. The summed E-state index contributed by atoms with van der Waals surface area (Å²) in [5, 5.41) is 10.9. The van der Waals surface area contributed by atoms with Crippen molar-refractivity contribution in [2.24, 2.45) is 0 Å². The van der Waals surface area contributed by atoms with Gasteiger partial charge in [0.05, 0.1) is 24.0 Å². The molecule has 4 aromatic carbocycles. The molecule has 1 aliphatic rings. The van der Waals surface area contributed by atoms with Crippen LogP contribution in [0.25, 0.3) is 10.9 Å². The SMILES string of the molecule is O=C(O)c1ccc(OCCc2c(CCNS(=O)(=O)CCN3CCCC3)n(C(c3ccccc3)c3ccccc3)c3ccc(Cl)cc23)cc1. The van der Waals surface area contributed by atoms with Gasteiger partial charge in [-0.25, -0.2) is 17.9 Å². The molecule has 0 unspecified atom stereocenters. The number of benzene rings is 4. The summed E-state index contributed by atoms with van der Waals surface area (Å²) >= 11 is 6.60. The van der Waals surface area contributed by atoms with Crippen molar-refractivity contribution in [3.8, 4) is 5.75 Å². The number of nitrogens with one attached hydrogen (secondary N) is 1. The summed E-state index contributed by atoms with van der Waals surface area (Å²) in [7, 11) is -3.48. The van der Waals surface area contributed by atoms with E-state index in [2.05, 4.69) is 38.5 Å². The zero-order valence-corrected chi connectivity index (χ0v) is 28.3. The molecule has 0 saturated carbocycles. The van der Waals surface area contributed by atoms with Crippen LogP contribution in [0.2, 0.25) is 5.02 Å². The number of fused-ring (bicyclic) bond motifs is 1. The molecule has 8 nitrogen and oxygen atoms in total.